The molecule has 0 aromatic heterocycles. The van der Waals surface area contributed by atoms with E-state index in [9.17, 15) is 4.79 Å². The molecule has 1 aliphatic heterocycles. The van der Waals surface area contributed by atoms with Gasteiger partial charge in [-0.2, -0.15) is 0 Å². The summed E-state index contributed by atoms with van der Waals surface area (Å²) in [6.07, 6.45) is 0.425. The molecule has 3 heteroatoms. The zero-order valence-electron chi connectivity index (χ0n) is 10.6. The summed E-state index contributed by atoms with van der Waals surface area (Å²) in [4.78, 5) is 12.1. The van der Waals surface area contributed by atoms with Gasteiger partial charge in [-0.25, -0.2) is 0 Å². The van der Waals surface area contributed by atoms with Crippen molar-refractivity contribution in [3.05, 3.63) is 35.4 Å². The summed E-state index contributed by atoms with van der Waals surface area (Å²) < 4.78 is 5.60. The van der Waals surface area contributed by atoms with Crippen LogP contribution in [0.3, 0.4) is 0 Å². The molecule has 2 rings (SSSR count). The van der Waals surface area contributed by atoms with E-state index in [0.29, 0.717) is 6.61 Å². The predicted octanol–water partition coefficient (Wildman–Crippen LogP) is 2.22. The van der Waals surface area contributed by atoms with Crippen LogP contribution in [-0.4, -0.2) is 18.1 Å². The third kappa shape index (κ3) is 2.86. The van der Waals surface area contributed by atoms with Crippen LogP contribution in [0.5, 0.6) is 0 Å². The van der Waals surface area contributed by atoms with E-state index in [4.69, 9.17) is 4.74 Å². The summed E-state index contributed by atoms with van der Waals surface area (Å²) in [6, 6.07) is 7.99. The van der Waals surface area contributed by atoms with Crippen LogP contribution in [-0.2, 0) is 16.0 Å². The van der Waals surface area contributed by atoms with Crippen molar-refractivity contribution in [3.63, 3.8) is 0 Å². The first kappa shape index (κ1) is 12.1. The summed E-state index contributed by atoms with van der Waals surface area (Å²) in [7, 11) is 0. The SMILES string of the molecule is CC(C)(C)NC(=O)C1OCCc2ccccc21. The molecule has 3 nitrogen and oxygen atoms in total. The van der Waals surface area contributed by atoms with E-state index in [1.54, 1.807) is 0 Å². The van der Waals surface area contributed by atoms with E-state index in [0.717, 1.165) is 12.0 Å². The molecular formula is C14H19NO2. The highest BCUT2D eigenvalue weighted by atomic mass is 16.5. The Labute approximate surface area is 102 Å². The number of fused-ring (bicyclic) bond motifs is 1. The zero-order valence-corrected chi connectivity index (χ0v) is 10.6. The molecule has 1 aromatic rings. The third-order valence-electron chi connectivity index (χ3n) is 2.73. The van der Waals surface area contributed by atoms with Crippen molar-refractivity contribution < 1.29 is 9.53 Å². The Hall–Kier alpha value is -1.35. The number of hydrogen-bond acceptors (Lipinski definition) is 2. The Morgan fingerprint density at radius 3 is 2.76 bits per heavy atom. The highest BCUT2D eigenvalue weighted by Crippen LogP contribution is 2.27. The quantitative estimate of drug-likeness (QED) is 0.807. The Bertz CT molecular complexity index is 420. The molecule has 1 aliphatic rings. The Morgan fingerprint density at radius 2 is 2.06 bits per heavy atom. The van der Waals surface area contributed by atoms with Gasteiger partial charge >= 0.3 is 0 Å². The Morgan fingerprint density at radius 1 is 1.35 bits per heavy atom. The standard InChI is InChI=1S/C14H19NO2/c1-14(2,3)15-13(16)12-11-7-5-4-6-10(11)8-9-17-12/h4-7,12H,8-9H2,1-3H3,(H,15,16). The average Bonchev–Trinajstić information content (AvgIpc) is 2.26. The number of nitrogens with one attached hydrogen (secondary N) is 1. The molecule has 1 heterocycles. The fourth-order valence-corrected chi connectivity index (χ4v) is 2.05. The Kier molecular flexibility index (Phi) is 3.20. The number of ether oxygens (including phenoxy) is 1. The molecule has 0 spiro atoms. The van der Waals surface area contributed by atoms with Gasteiger partial charge in [0.15, 0.2) is 6.10 Å². The molecule has 92 valence electrons. The second-order valence-corrected chi connectivity index (χ2v) is 5.44. The van der Waals surface area contributed by atoms with Gasteiger partial charge in [0.25, 0.3) is 5.91 Å². The van der Waals surface area contributed by atoms with Crippen molar-refractivity contribution in [2.75, 3.05) is 6.61 Å². The monoisotopic (exact) mass is 233 g/mol. The molecule has 0 aliphatic carbocycles. The molecule has 0 radical (unpaired) electrons. The molecule has 1 aromatic carbocycles. The van der Waals surface area contributed by atoms with Crippen LogP contribution in [0, 0.1) is 0 Å². The number of hydrogen-bond donors (Lipinski definition) is 1. The number of amides is 1. The van der Waals surface area contributed by atoms with E-state index in [1.165, 1.54) is 5.56 Å². The lowest BCUT2D eigenvalue weighted by Crippen LogP contribution is -2.44. The van der Waals surface area contributed by atoms with Crippen LogP contribution in [0.15, 0.2) is 24.3 Å². The van der Waals surface area contributed by atoms with Crippen molar-refractivity contribution in [3.8, 4) is 0 Å². The van der Waals surface area contributed by atoms with Crippen LogP contribution < -0.4 is 5.32 Å². The van der Waals surface area contributed by atoms with Crippen LogP contribution in [0.2, 0.25) is 0 Å². The van der Waals surface area contributed by atoms with Gasteiger partial charge in [0.1, 0.15) is 0 Å². The van der Waals surface area contributed by atoms with Gasteiger partial charge in [0, 0.05) is 5.54 Å². The normalized spacial score (nSPS) is 19.6. The maximum atomic E-state index is 12.1. The fourth-order valence-electron chi connectivity index (χ4n) is 2.05. The topological polar surface area (TPSA) is 38.3 Å². The van der Waals surface area contributed by atoms with E-state index in [1.807, 2.05) is 39.0 Å². The van der Waals surface area contributed by atoms with Gasteiger partial charge in [0.2, 0.25) is 0 Å². The van der Waals surface area contributed by atoms with E-state index < -0.39 is 6.10 Å². The highest BCUT2D eigenvalue weighted by Gasteiger charge is 2.29. The molecule has 0 bridgehead atoms. The minimum Gasteiger partial charge on any atom is -0.363 e. The Balaban J connectivity index is 2.21. The lowest BCUT2D eigenvalue weighted by Gasteiger charge is -2.29. The van der Waals surface area contributed by atoms with Crippen LogP contribution in [0.25, 0.3) is 0 Å². The first-order chi connectivity index (χ1) is 7.97. The molecule has 17 heavy (non-hydrogen) atoms. The van der Waals surface area contributed by atoms with Crippen molar-refractivity contribution in [1.82, 2.24) is 5.32 Å². The van der Waals surface area contributed by atoms with Crippen LogP contribution >= 0.6 is 0 Å². The molecule has 1 unspecified atom stereocenters. The number of rotatable bonds is 1. The van der Waals surface area contributed by atoms with Gasteiger partial charge < -0.3 is 10.1 Å². The lowest BCUT2D eigenvalue weighted by atomic mass is 9.96. The summed E-state index contributed by atoms with van der Waals surface area (Å²) in [5, 5.41) is 2.97. The number of benzene rings is 1. The predicted molar refractivity (Wildman–Crippen MR) is 66.7 cm³/mol. The van der Waals surface area contributed by atoms with Gasteiger partial charge in [-0.15, -0.1) is 0 Å². The van der Waals surface area contributed by atoms with Crippen molar-refractivity contribution in [1.29, 1.82) is 0 Å². The molecule has 0 saturated carbocycles. The average molecular weight is 233 g/mol. The van der Waals surface area contributed by atoms with Gasteiger partial charge in [-0.3, -0.25) is 4.79 Å². The minimum atomic E-state index is -0.459. The van der Waals surface area contributed by atoms with E-state index >= 15 is 0 Å². The van der Waals surface area contributed by atoms with Gasteiger partial charge in [-0.1, -0.05) is 24.3 Å². The second-order valence-electron chi connectivity index (χ2n) is 5.44. The maximum Gasteiger partial charge on any atom is 0.254 e. The number of carbonyl (C=O) groups is 1. The van der Waals surface area contributed by atoms with Crippen LogP contribution in [0.4, 0.5) is 0 Å². The fraction of sp³-hybridized carbons (Fsp3) is 0.500. The molecule has 1 atom stereocenters. The maximum absolute atomic E-state index is 12.1. The molecule has 1 N–H and O–H groups in total. The summed E-state index contributed by atoms with van der Waals surface area (Å²) in [5.41, 5.74) is 1.99. The van der Waals surface area contributed by atoms with Gasteiger partial charge in [0.05, 0.1) is 6.61 Å². The van der Waals surface area contributed by atoms with E-state index in [2.05, 4.69) is 11.4 Å². The van der Waals surface area contributed by atoms with E-state index in [-0.39, 0.29) is 11.4 Å². The van der Waals surface area contributed by atoms with Crippen molar-refractivity contribution in [2.24, 2.45) is 0 Å². The minimum absolute atomic E-state index is 0.0512. The second kappa shape index (κ2) is 4.49. The summed E-state index contributed by atoms with van der Waals surface area (Å²) in [6.45, 7) is 6.53. The van der Waals surface area contributed by atoms with Crippen molar-refractivity contribution in [2.45, 2.75) is 38.8 Å². The van der Waals surface area contributed by atoms with Gasteiger partial charge in [-0.05, 0) is 38.3 Å². The molecule has 1 amide bonds. The molecule has 0 fully saturated rings. The summed E-state index contributed by atoms with van der Waals surface area (Å²) in [5.74, 6) is -0.0512. The third-order valence-corrected chi connectivity index (χ3v) is 2.73. The van der Waals surface area contributed by atoms with Crippen molar-refractivity contribution >= 4 is 5.91 Å². The summed E-state index contributed by atoms with van der Waals surface area (Å²) >= 11 is 0. The zero-order chi connectivity index (χ0) is 12.5. The molecule has 0 saturated heterocycles. The smallest absolute Gasteiger partial charge is 0.254 e. The lowest BCUT2D eigenvalue weighted by molar-refractivity contribution is -0.135. The first-order valence-corrected chi connectivity index (χ1v) is 5.99. The van der Waals surface area contributed by atoms with Crippen LogP contribution in [0.1, 0.15) is 38.0 Å². The largest absolute Gasteiger partial charge is 0.363 e. The molecular weight excluding hydrogens is 214 g/mol. The number of carbonyl (C=O) groups excluding carboxylic acids is 1. The first-order valence-electron chi connectivity index (χ1n) is 5.99. The highest BCUT2D eigenvalue weighted by molar-refractivity contribution is 5.83.